The van der Waals surface area contributed by atoms with Gasteiger partial charge in [0.25, 0.3) is 0 Å². The molecule has 3 aliphatic carbocycles. The highest BCUT2D eigenvalue weighted by atomic mass is 32.2. The number of benzene rings is 1. The van der Waals surface area contributed by atoms with Gasteiger partial charge in [-0.05, 0) is 37.8 Å². The van der Waals surface area contributed by atoms with Gasteiger partial charge >= 0.3 is 0 Å². The molecular formula is C20H18B3N7O2S. The van der Waals surface area contributed by atoms with Crippen molar-refractivity contribution in [2.75, 3.05) is 12.8 Å². The quantitative estimate of drug-likeness (QED) is 0.556. The molecule has 0 saturated heterocycles. The molecule has 2 aromatic heterocycles. The minimum atomic E-state index is -3.90. The van der Waals surface area contributed by atoms with Gasteiger partial charge in [-0.25, -0.2) is 22.9 Å². The molecule has 0 atom stereocenters. The number of hydrogen-bond donors (Lipinski definition) is 1. The Morgan fingerprint density at radius 3 is 2.61 bits per heavy atom. The molecule has 3 aromatic rings. The molecule has 6 rings (SSSR count). The third-order valence-corrected chi connectivity index (χ3v) is 8.99. The summed E-state index contributed by atoms with van der Waals surface area (Å²) in [4.78, 5) is 8.20. The number of fused-ring (bicyclic) bond motifs is 2. The summed E-state index contributed by atoms with van der Waals surface area (Å²) < 4.78 is 30.1. The summed E-state index contributed by atoms with van der Waals surface area (Å²) in [6.45, 7) is 0. The van der Waals surface area contributed by atoms with Crippen LogP contribution >= 0.6 is 0 Å². The van der Waals surface area contributed by atoms with Crippen molar-refractivity contribution >= 4 is 45.0 Å². The fourth-order valence-electron chi connectivity index (χ4n) is 5.25. The van der Waals surface area contributed by atoms with E-state index in [0.29, 0.717) is 48.2 Å². The fraction of sp³-hybridized carbons (Fsp3) is 0.400. The molecule has 3 fully saturated rings. The lowest BCUT2D eigenvalue weighted by Gasteiger charge is -2.48. The van der Waals surface area contributed by atoms with Gasteiger partial charge < -0.3 is 5.73 Å². The highest BCUT2D eigenvalue weighted by molar-refractivity contribution is 7.89. The number of rotatable bonds is 5. The van der Waals surface area contributed by atoms with Crippen LogP contribution in [0.2, 0.25) is 0 Å². The minimum Gasteiger partial charge on any atom is -0.381 e. The number of imidazole rings is 1. The molecule has 2 heterocycles. The molecule has 0 aliphatic heterocycles. The molecule has 2 bridgehead atoms. The second kappa shape index (κ2) is 6.84. The van der Waals surface area contributed by atoms with E-state index in [9.17, 15) is 13.7 Å². The molecule has 6 radical (unpaired) electrons. The van der Waals surface area contributed by atoms with Crippen molar-refractivity contribution in [3.8, 4) is 17.3 Å². The molecule has 1 aromatic carbocycles. The number of aromatic nitrogens is 4. The van der Waals surface area contributed by atoms with Crippen LogP contribution in [0.5, 0.6) is 0 Å². The molecule has 9 nitrogen and oxygen atoms in total. The lowest BCUT2D eigenvalue weighted by atomic mass is 9.39. The largest absolute Gasteiger partial charge is 0.381 e. The summed E-state index contributed by atoms with van der Waals surface area (Å²) in [6, 6.07) is 6.74. The van der Waals surface area contributed by atoms with E-state index in [-0.39, 0.29) is 10.7 Å². The van der Waals surface area contributed by atoms with E-state index in [1.165, 1.54) is 39.5 Å². The zero-order chi connectivity index (χ0) is 23.8. The number of nitrogens with two attached hydrogens (primary N) is 1. The Bertz CT molecular complexity index is 1440. The third-order valence-electron chi connectivity index (χ3n) is 7.03. The van der Waals surface area contributed by atoms with E-state index in [1.54, 1.807) is 7.05 Å². The Morgan fingerprint density at radius 1 is 1.24 bits per heavy atom. The maximum Gasteiger partial charge on any atom is 0.243 e. The van der Waals surface area contributed by atoms with Crippen molar-refractivity contribution in [3.63, 3.8) is 0 Å². The van der Waals surface area contributed by atoms with Crippen LogP contribution in [0.1, 0.15) is 31.2 Å². The van der Waals surface area contributed by atoms with Gasteiger partial charge in [-0.3, -0.25) is 0 Å². The number of sulfonamides is 1. The normalized spacial score (nSPS) is 24.6. The van der Waals surface area contributed by atoms with E-state index in [4.69, 9.17) is 29.3 Å². The number of hydrogen-bond acceptors (Lipinski definition) is 7. The second-order valence-corrected chi connectivity index (χ2v) is 11.1. The van der Waals surface area contributed by atoms with Crippen molar-refractivity contribution in [2.24, 2.45) is 5.41 Å². The second-order valence-electron chi connectivity index (χ2n) is 9.11. The Hall–Kier alpha value is -2.84. The highest BCUT2D eigenvalue weighted by Crippen LogP contribution is 2.64. The summed E-state index contributed by atoms with van der Waals surface area (Å²) in [5.41, 5.74) is 6.29. The molecule has 2 N–H and O–H groups in total. The van der Waals surface area contributed by atoms with Crippen LogP contribution in [0, 0.1) is 16.7 Å². The lowest BCUT2D eigenvalue weighted by molar-refractivity contribution is 0.0774. The van der Waals surface area contributed by atoms with Gasteiger partial charge in [0.15, 0.2) is 11.5 Å². The number of anilines is 1. The van der Waals surface area contributed by atoms with Crippen LogP contribution in [0.15, 0.2) is 35.6 Å². The molecule has 160 valence electrons. The molecule has 0 amide bonds. The van der Waals surface area contributed by atoms with Crippen LogP contribution < -0.4 is 5.73 Å². The maximum absolute atomic E-state index is 13.6. The predicted molar refractivity (Wildman–Crippen MR) is 124 cm³/mol. The molecular weight excluding hydrogens is 435 g/mol. The molecule has 13 heteroatoms. The average molecular weight is 453 g/mol. The predicted octanol–water partition coefficient (Wildman–Crippen LogP) is 0.446. The summed E-state index contributed by atoms with van der Waals surface area (Å²) in [6.07, 6.45) is 5.18. The molecule has 3 saturated carbocycles. The zero-order valence-electron chi connectivity index (χ0n) is 17.9. The maximum atomic E-state index is 13.6. The molecule has 33 heavy (non-hydrogen) atoms. The van der Waals surface area contributed by atoms with Crippen molar-refractivity contribution < 1.29 is 8.42 Å². The van der Waals surface area contributed by atoms with E-state index >= 15 is 0 Å². The minimum absolute atomic E-state index is 0.0423. The molecule has 0 unspecified atom stereocenters. The molecule has 0 spiro atoms. The summed E-state index contributed by atoms with van der Waals surface area (Å²) in [5, 5.41) is 11.9. The average Bonchev–Trinajstić information content (AvgIpc) is 3.44. The monoisotopic (exact) mass is 453 g/mol. The smallest absolute Gasteiger partial charge is 0.243 e. The SMILES string of the molecule is [B]C([B])([B])c1ccc(S(=O)(=O)N(C)C23CCC(C#N)(C2)C3)cc1-c1cnc2c(N)ncnn12. The van der Waals surface area contributed by atoms with Gasteiger partial charge in [0.1, 0.15) is 6.33 Å². The van der Waals surface area contributed by atoms with Gasteiger partial charge in [0.2, 0.25) is 10.0 Å². The Morgan fingerprint density at radius 2 is 1.97 bits per heavy atom. The van der Waals surface area contributed by atoms with E-state index < -0.39 is 26.1 Å². The van der Waals surface area contributed by atoms with E-state index in [0.717, 1.165) is 0 Å². The van der Waals surface area contributed by atoms with Gasteiger partial charge in [-0.15, -0.1) is 5.11 Å². The van der Waals surface area contributed by atoms with Crippen LogP contribution in [0.25, 0.3) is 16.9 Å². The van der Waals surface area contributed by atoms with Crippen LogP contribution in [0.3, 0.4) is 0 Å². The van der Waals surface area contributed by atoms with Gasteiger partial charge in [0.05, 0.1) is 51.8 Å². The lowest BCUT2D eigenvalue weighted by Crippen LogP contribution is -2.55. The van der Waals surface area contributed by atoms with Gasteiger partial charge in [-0.2, -0.15) is 14.7 Å². The summed E-state index contributed by atoms with van der Waals surface area (Å²) >= 11 is 0. The number of nitriles is 1. The summed E-state index contributed by atoms with van der Waals surface area (Å²) in [7, 11) is 15.6. The standard InChI is InChI=1S/C20H18B3N7O2S/c1-29(19-5-4-18(8-19,9-19)10-24)33(31,32)12-2-3-14(20(21,22)23)13(6-12)15-7-26-17-16(25)27-11-28-30(15)17/h2-3,6-7,11H,4-5,8-9H2,1H3,(H2,25,27,28). The first-order chi connectivity index (χ1) is 15.4. The van der Waals surface area contributed by atoms with Gasteiger partial charge in [-0.1, -0.05) is 11.6 Å². The first-order valence-corrected chi connectivity index (χ1v) is 11.7. The van der Waals surface area contributed by atoms with Gasteiger partial charge in [0, 0.05) is 18.2 Å². The first kappa shape index (κ1) is 22.0. The number of nitrogens with zero attached hydrogens (tertiary/aromatic N) is 6. The zero-order valence-corrected chi connectivity index (χ0v) is 18.7. The number of nitrogen functional groups attached to an aromatic ring is 1. The fourth-order valence-corrected chi connectivity index (χ4v) is 6.81. The van der Waals surface area contributed by atoms with Crippen molar-refractivity contribution in [3.05, 3.63) is 36.3 Å². The van der Waals surface area contributed by atoms with E-state index in [1.807, 2.05) is 0 Å². The van der Waals surface area contributed by atoms with Crippen LogP contribution in [-0.4, -0.2) is 68.4 Å². The topological polar surface area (TPSA) is 130 Å². The third kappa shape index (κ3) is 3.11. The molecule has 3 aliphatic rings. The summed E-state index contributed by atoms with van der Waals surface area (Å²) in [5.74, 6) is 0.159. The first-order valence-electron chi connectivity index (χ1n) is 10.3. The Labute approximate surface area is 195 Å². The Kier molecular flexibility index (Phi) is 4.56. The highest BCUT2D eigenvalue weighted by Gasteiger charge is 2.65. The van der Waals surface area contributed by atoms with Crippen LogP contribution in [-0.2, 0) is 15.1 Å². The van der Waals surface area contributed by atoms with Crippen molar-refractivity contribution in [1.29, 1.82) is 5.26 Å². The van der Waals surface area contributed by atoms with E-state index in [2.05, 4.69) is 21.1 Å². The van der Waals surface area contributed by atoms with Crippen molar-refractivity contribution in [2.45, 2.75) is 41.2 Å². The van der Waals surface area contributed by atoms with Crippen LogP contribution in [0.4, 0.5) is 5.82 Å². The van der Waals surface area contributed by atoms with Crippen molar-refractivity contribution in [1.82, 2.24) is 23.9 Å². The Balaban J connectivity index is 1.63.